The molecule has 52 heavy (non-hydrogen) atoms. The van der Waals surface area contributed by atoms with E-state index >= 15 is 0 Å². The number of amides is 4. The summed E-state index contributed by atoms with van der Waals surface area (Å²) < 4.78 is 0. The molecule has 260 valence electrons. The molecular formula is C41H36N6O4S. The van der Waals surface area contributed by atoms with Crippen molar-refractivity contribution in [3.8, 4) is 0 Å². The minimum atomic E-state index is -0.660. The number of anilines is 3. The van der Waals surface area contributed by atoms with Crippen LogP contribution in [0.25, 0.3) is 6.08 Å². The molecule has 1 aliphatic heterocycles. The third-order valence-electron chi connectivity index (χ3n) is 8.00. The minimum absolute atomic E-state index is 0.0230. The highest BCUT2D eigenvalue weighted by atomic mass is 32.2. The van der Waals surface area contributed by atoms with E-state index in [0.29, 0.717) is 16.9 Å². The van der Waals surface area contributed by atoms with Crippen molar-refractivity contribution in [3.63, 3.8) is 0 Å². The zero-order chi connectivity index (χ0) is 36.5. The van der Waals surface area contributed by atoms with Crippen molar-refractivity contribution < 1.29 is 19.2 Å². The van der Waals surface area contributed by atoms with Gasteiger partial charge >= 0.3 is 0 Å². The van der Waals surface area contributed by atoms with Gasteiger partial charge in [-0.05, 0) is 77.9 Å². The molecule has 5 aromatic rings. The first kappa shape index (κ1) is 35.4. The van der Waals surface area contributed by atoms with Gasteiger partial charge in [0.1, 0.15) is 16.8 Å². The van der Waals surface area contributed by atoms with Crippen molar-refractivity contribution in [1.29, 1.82) is 0 Å². The molecule has 1 heterocycles. The first-order valence-corrected chi connectivity index (χ1v) is 17.4. The molecule has 10 nitrogen and oxygen atoms in total. The zero-order valence-corrected chi connectivity index (χ0v) is 29.3. The van der Waals surface area contributed by atoms with Crippen LogP contribution in [0.5, 0.6) is 0 Å². The van der Waals surface area contributed by atoms with Crippen molar-refractivity contribution in [3.05, 3.63) is 162 Å². The third-order valence-corrected chi connectivity index (χ3v) is 9.27. The fraction of sp³-hybridized carbons (Fsp3) is 0.0976. The number of nitrogens with one attached hydrogen (secondary N) is 3. The number of benzene rings is 5. The average Bonchev–Trinajstić information content (AvgIpc) is 3.54. The van der Waals surface area contributed by atoms with Gasteiger partial charge in [-0.3, -0.25) is 19.2 Å². The van der Waals surface area contributed by atoms with Gasteiger partial charge in [-0.25, -0.2) is 0 Å². The Bertz CT molecular complexity index is 2100. The molecule has 0 saturated heterocycles. The molecule has 1 unspecified atom stereocenters. The number of nitrogens with zero attached hydrogens (tertiary/aromatic N) is 3. The van der Waals surface area contributed by atoms with Gasteiger partial charge in [0.05, 0.1) is 12.1 Å². The van der Waals surface area contributed by atoms with Crippen LogP contribution in [-0.2, 0) is 14.4 Å². The second-order valence-electron chi connectivity index (χ2n) is 12.0. The van der Waals surface area contributed by atoms with E-state index in [9.17, 15) is 19.2 Å². The van der Waals surface area contributed by atoms with Gasteiger partial charge in [-0.1, -0.05) is 78.9 Å². The first-order valence-electron chi connectivity index (χ1n) is 16.5. The Morgan fingerprint density at radius 2 is 1.38 bits per heavy atom. The lowest BCUT2D eigenvalue weighted by molar-refractivity contribution is -0.119. The van der Waals surface area contributed by atoms with Crippen LogP contribution >= 0.6 is 11.8 Å². The van der Waals surface area contributed by atoms with Crippen molar-refractivity contribution in [2.24, 2.45) is 5.10 Å². The van der Waals surface area contributed by atoms with Crippen LogP contribution in [0.15, 0.2) is 155 Å². The van der Waals surface area contributed by atoms with Gasteiger partial charge in [0.25, 0.3) is 17.7 Å². The van der Waals surface area contributed by atoms with Crippen LogP contribution in [0.4, 0.5) is 17.1 Å². The summed E-state index contributed by atoms with van der Waals surface area (Å²) in [7, 11) is 3.89. The molecule has 0 aromatic heterocycles. The van der Waals surface area contributed by atoms with Crippen molar-refractivity contribution in [1.82, 2.24) is 10.6 Å². The van der Waals surface area contributed by atoms with Crippen LogP contribution in [0.3, 0.4) is 0 Å². The van der Waals surface area contributed by atoms with Crippen molar-refractivity contribution in [2.45, 2.75) is 16.6 Å². The summed E-state index contributed by atoms with van der Waals surface area (Å²) in [4.78, 5) is 55.8. The molecule has 1 aliphatic rings. The van der Waals surface area contributed by atoms with E-state index in [4.69, 9.17) is 0 Å². The van der Waals surface area contributed by atoms with Crippen LogP contribution < -0.4 is 25.9 Å². The summed E-state index contributed by atoms with van der Waals surface area (Å²) in [5.41, 5.74) is 4.12. The molecule has 0 saturated carbocycles. The zero-order valence-electron chi connectivity index (χ0n) is 28.5. The van der Waals surface area contributed by atoms with Gasteiger partial charge in [0.2, 0.25) is 5.91 Å². The first-order chi connectivity index (χ1) is 25.2. The van der Waals surface area contributed by atoms with Crippen LogP contribution in [0, 0.1) is 0 Å². The van der Waals surface area contributed by atoms with Gasteiger partial charge < -0.3 is 20.9 Å². The monoisotopic (exact) mass is 708 g/mol. The summed E-state index contributed by atoms with van der Waals surface area (Å²) >= 11 is 1.33. The number of amidine groups is 1. The molecule has 4 amide bonds. The molecule has 11 heteroatoms. The number of para-hydroxylation sites is 1. The fourth-order valence-corrected chi connectivity index (χ4v) is 6.33. The summed E-state index contributed by atoms with van der Waals surface area (Å²) in [5.74, 6) is -1.19. The maximum atomic E-state index is 13.7. The number of carbonyl (C=O) groups excluding carboxylic acids is 4. The summed E-state index contributed by atoms with van der Waals surface area (Å²) in [6, 6.07) is 41.8. The molecule has 0 bridgehead atoms. The largest absolute Gasteiger partial charge is 0.378 e. The number of rotatable bonds is 11. The highest BCUT2D eigenvalue weighted by Gasteiger charge is 2.29. The molecular weight excluding hydrogens is 673 g/mol. The Kier molecular flexibility index (Phi) is 11.2. The number of hydrazone groups is 1. The van der Waals surface area contributed by atoms with E-state index in [1.165, 1.54) is 16.8 Å². The Morgan fingerprint density at radius 3 is 2.02 bits per heavy atom. The number of carbonyl (C=O) groups is 4. The van der Waals surface area contributed by atoms with Gasteiger partial charge in [0.15, 0.2) is 0 Å². The molecule has 6 rings (SSSR count). The van der Waals surface area contributed by atoms with Crippen LogP contribution in [-0.4, -0.2) is 43.6 Å². The number of hydrogen-bond donors (Lipinski definition) is 3. The predicted molar refractivity (Wildman–Crippen MR) is 207 cm³/mol. The lowest BCUT2D eigenvalue weighted by Gasteiger charge is -2.17. The average molecular weight is 709 g/mol. The van der Waals surface area contributed by atoms with Gasteiger partial charge in [0, 0.05) is 35.9 Å². The maximum Gasteiger partial charge on any atom is 0.272 e. The topological polar surface area (TPSA) is 123 Å². The normalized spacial score (nSPS) is 13.2. The highest BCUT2D eigenvalue weighted by molar-refractivity contribution is 8.00. The smallest absolute Gasteiger partial charge is 0.272 e. The maximum absolute atomic E-state index is 13.7. The highest BCUT2D eigenvalue weighted by Crippen LogP contribution is 2.36. The summed E-state index contributed by atoms with van der Waals surface area (Å²) in [6.45, 7) is 0. The summed E-state index contributed by atoms with van der Waals surface area (Å²) in [5, 5.41) is 13.5. The molecule has 0 radical (unpaired) electrons. The lowest BCUT2D eigenvalue weighted by atomic mass is 10.1. The van der Waals surface area contributed by atoms with E-state index in [0.717, 1.165) is 21.7 Å². The van der Waals surface area contributed by atoms with Gasteiger partial charge in [-0.2, -0.15) is 10.1 Å². The minimum Gasteiger partial charge on any atom is -0.378 e. The lowest BCUT2D eigenvalue weighted by Crippen LogP contribution is -2.33. The van der Waals surface area contributed by atoms with Crippen LogP contribution in [0.1, 0.15) is 33.2 Å². The predicted octanol–water partition coefficient (Wildman–Crippen LogP) is 6.86. The SMILES string of the molecule is CN(C)c1ccc(/C=C(\NC(=O)c2ccccc2)C(=O)Nc2ccc(SC(C(=O)NC3=NN(c4ccccc4)C(=O)C3)c3ccccc3)cc2)cc1. The molecule has 0 fully saturated rings. The molecule has 1 atom stereocenters. The molecule has 5 aromatic carbocycles. The third kappa shape index (κ3) is 9.01. The molecule has 3 N–H and O–H groups in total. The second-order valence-corrected chi connectivity index (χ2v) is 13.2. The Labute approximate surface area is 306 Å². The Balaban J connectivity index is 1.17. The van der Waals surface area contributed by atoms with Crippen molar-refractivity contribution in [2.75, 3.05) is 29.3 Å². The van der Waals surface area contributed by atoms with Crippen LogP contribution in [0.2, 0.25) is 0 Å². The number of thioether (sulfide) groups is 1. The quantitative estimate of drug-likeness (QED) is 0.102. The fourth-order valence-electron chi connectivity index (χ4n) is 5.31. The van der Waals surface area contributed by atoms with E-state index in [1.807, 2.05) is 110 Å². The van der Waals surface area contributed by atoms with E-state index in [1.54, 1.807) is 54.6 Å². The summed E-state index contributed by atoms with van der Waals surface area (Å²) in [6.07, 6.45) is 1.61. The Hall–Kier alpha value is -6.46. The molecule has 0 aliphatic carbocycles. The number of hydrogen-bond acceptors (Lipinski definition) is 7. The van der Waals surface area contributed by atoms with E-state index < -0.39 is 17.1 Å². The Morgan fingerprint density at radius 1 is 0.769 bits per heavy atom. The second kappa shape index (κ2) is 16.5. The van der Waals surface area contributed by atoms with Crippen molar-refractivity contribution >= 4 is 64.4 Å². The molecule has 0 spiro atoms. The standard InChI is InChI=1S/C41H36N6O4S/c1-46(2)32-22-18-28(19-23-32)26-35(43-39(49)30-14-8-4-9-15-30)40(50)42-31-20-24-34(25-21-31)52-38(29-12-6-3-7-13-29)41(51)44-36-27-37(48)47(45-36)33-16-10-5-11-17-33/h3-26,38H,27H2,1-2H3,(H,42,50)(H,43,49)(H,44,45,51)/b35-26-. The van der Waals surface area contributed by atoms with Gasteiger partial charge in [-0.15, -0.1) is 11.8 Å². The van der Waals surface area contributed by atoms with E-state index in [2.05, 4.69) is 21.1 Å². The van der Waals surface area contributed by atoms with E-state index in [-0.39, 0.29) is 29.8 Å².